The van der Waals surface area contributed by atoms with Gasteiger partial charge in [-0.1, -0.05) is 11.6 Å². The lowest BCUT2D eigenvalue weighted by atomic mass is 10.1. The molecular weight excluding hydrogens is 348 g/mol. The summed E-state index contributed by atoms with van der Waals surface area (Å²) >= 11 is 5.74. The highest BCUT2D eigenvalue weighted by molar-refractivity contribution is 6.30. The number of hydrogen-bond acceptors (Lipinski definition) is 5. The molecule has 1 aromatic carbocycles. The second kappa shape index (κ2) is 7.65. The molecule has 0 atom stereocenters. The van der Waals surface area contributed by atoms with Crippen molar-refractivity contribution in [2.75, 3.05) is 13.2 Å². The maximum atomic E-state index is 12.0. The van der Waals surface area contributed by atoms with Crippen molar-refractivity contribution in [2.24, 2.45) is 0 Å². The molecule has 1 aliphatic rings. The summed E-state index contributed by atoms with van der Waals surface area (Å²) in [5.74, 6) is -1.22. The van der Waals surface area contributed by atoms with Crippen molar-refractivity contribution in [2.45, 2.75) is 32.2 Å². The molecule has 2 rings (SSSR count). The molecule has 25 heavy (non-hydrogen) atoms. The summed E-state index contributed by atoms with van der Waals surface area (Å²) in [6, 6.07) is 5.79. The molecule has 134 valence electrons. The van der Waals surface area contributed by atoms with Gasteiger partial charge >= 0.3 is 12.0 Å². The number of nitrogens with one attached hydrogen (secondary N) is 1. The Morgan fingerprint density at radius 2 is 1.84 bits per heavy atom. The van der Waals surface area contributed by atoms with Gasteiger partial charge in [-0.15, -0.1) is 0 Å². The highest BCUT2D eigenvalue weighted by Crippen LogP contribution is 2.17. The van der Waals surface area contributed by atoms with Crippen LogP contribution in [0.1, 0.15) is 37.0 Å². The molecule has 1 saturated heterocycles. The second-order valence-electron chi connectivity index (χ2n) is 6.21. The molecule has 0 spiro atoms. The van der Waals surface area contributed by atoms with E-state index in [0.29, 0.717) is 10.6 Å². The van der Waals surface area contributed by atoms with Crippen molar-refractivity contribution < 1.29 is 23.9 Å². The molecule has 7 nitrogen and oxygen atoms in total. The third kappa shape index (κ3) is 4.79. The number of urea groups is 1. The monoisotopic (exact) mass is 366 g/mol. The number of benzene rings is 1. The van der Waals surface area contributed by atoms with E-state index in [2.05, 4.69) is 5.32 Å². The van der Waals surface area contributed by atoms with Crippen molar-refractivity contribution >= 4 is 35.3 Å². The summed E-state index contributed by atoms with van der Waals surface area (Å²) in [6.07, 6.45) is 0.272. The molecule has 1 fully saturated rings. The Kier molecular flexibility index (Phi) is 5.79. The molecule has 0 bridgehead atoms. The third-order valence-electron chi connectivity index (χ3n) is 3.74. The Labute approximate surface area is 150 Å². The zero-order valence-electron chi connectivity index (χ0n) is 14.0. The number of carbonyl (C=O) groups excluding carboxylic acids is 4. The van der Waals surface area contributed by atoms with Crippen molar-refractivity contribution in [3.8, 4) is 0 Å². The van der Waals surface area contributed by atoms with Crippen LogP contribution in [-0.4, -0.2) is 47.3 Å². The van der Waals surface area contributed by atoms with E-state index >= 15 is 0 Å². The topological polar surface area (TPSA) is 92.8 Å². The summed E-state index contributed by atoms with van der Waals surface area (Å²) in [6.45, 7) is 2.98. The number of nitrogens with zero attached hydrogens (tertiary/aromatic N) is 1. The van der Waals surface area contributed by atoms with Crippen LogP contribution >= 0.6 is 11.6 Å². The molecule has 1 aliphatic heterocycles. The van der Waals surface area contributed by atoms with Crippen LogP contribution in [0.2, 0.25) is 5.02 Å². The van der Waals surface area contributed by atoms with E-state index in [4.69, 9.17) is 16.3 Å². The van der Waals surface area contributed by atoms with Gasteiger partial charge < -0.3 is 10.1 Å². The number of imide groups is 1. The van der Waals surface area contributed by atoms with Crippen LogP contribution in [0.3, 0.4) is 0 Å². The summed E-state index contributed by atoms with van der Waals surface area (Å²) in [5.41, 5.74) is -0.526. The number of ketones is 1. The summed E-state index contributed by atoms with van der Waals surface area (Å²) in [4.78, 5) is 48.3. The molecule has 0 unspecified atom stereocenters. The van der Waals surface area contributed by atoms with E-state index in [1.165, 1.54) is 0 Å². The van der Waals surface area contributed by atoms with E-state index in [9.17, 15) is 19.2 Å². The molecule has 0 saturated carbocycles. The fourth-order valence-corrected chi connectivity index (χ4v) is 2.47. The number of esters is 1. The van der Waals surface area contributed by atoms with Gasteiger partial charge in [0.25, 0.3) is 5.91 Å². The second-order valence-corrected chi connectivity index (χ2v) is 6.64. The van der Waals surface area contributed by atoms with Crippen LogP contribution in [0.4, 0.5) is 4.79 Å². The highest BCUT2D eigenvalue weighted by Gasteiger charge is 2.43. The minimum absolute atomic E-state index is 0.00534. The predicted octanol–water partition coefficient (Wildman–Crippen LogP) is 2.18. The van der Waals surface area contributed by atoms with Gasteiger partial charge in [0.15, 0.2) is 12.4 Å². The van der Waals surface area contributed by atoms with Crippen LogP contribution < -0.4 is 5.32 Å². The zero-order valence-corrected chi connectivity index (χ0v) is 14.8. The minimum Gasteiger partial charge on any atom is -0.457 e. The van der Waals surface area contributed by atoms with Crippen molar-refractivity contribution in [1.82, 2.24) is 10.2 Å². The van der Waals surface area contributed by atoms with Gasteiger partial charge in [0.05, 0.1) is 0 Å². The Hall–Kier alpha value is -2.41. The number of carbonyl (C=O) groups is 4. The van der Waals surface area contributed by atoms with Gasteiger partial charge in [-0.05, 0) is 44.5 Å². The van der Waals surface area contributed by atoms with Gasteiger partial charge in [0, 0.05) is 23.6 Å². The number of amides is 3. The first-order valence-corrected chi connectivity index (χ1v) is 8.17. The Bertz CT molecular complexity index is 699. The van der Waals surface area contributed by atoms with Gasteiger partial charge in [0.2, 0.25) is 0 Å². The van der Waals surface area contributed by atoms with Crippen LogP contribution in [0, 0.1) is 0 Å². The lowest BCUT2D eigenvalue weighted by molar-refractivity contribution is -0.143. The highest BCUT2D eigenvalue weighted by atomic mass is 35.5. The van der Waals surface area contributed by atoms with Gasteiger partial charge in [-0.3, -0.25) is 19.3 Å². The Morgan fingerprint density at radius 3 is 2.40 bits per heavy atom. The predicted molar refractivity (Wildman–Crippen MR) is 90.3 cm³/mol. The van der Waals surface area contributed by atoms with E-state index < -0.39 is 17.5 Å². The summed E-state index contributed by atoms with van der Waals surface area (Å²) in [7, 11) is 0. The maximum absolute atomic E-state index is 12.0. The fraction of sp³-hybridized carbons (Fsp3) is 0.412. The molecule has 8 heteroatoms. The first kappa shape index (κ1) is 18.9. The lowest BCUT2D eigenvalue weighted by Gasteiger charge is -2.15. The first-order valence-electron chi connectivity index (χ1n) is 7.79. The summed E-state index contributed by atoms with van der Waals surface area (Å²) in [5, 5.41) is 3.07. The number of Topliss-reactive ketones (excluding diaryl/α,β-unsaturated/α-hetero) is 1. The average Bonchev–Trinajstić information content (AvgIpc) is 2.74. The van der Waals surface area contributed by atoms with E-state index in [-0.39, 0.29) is 37.7 Å². The quantitative estimate of drug-likeness (QED) is 0.453. The number of ether oxygens (including phenoxy) is 1. The van der Waals surface area contributed by atoms with Gasteiger partial charge in [-0.25, -0.2) is 4.79 Å². The SMILES string of the molecule is CC1(C)NC(=O)N(CCCC(=O)OCC(=O)c2ccc(Cl)cc2)C1=O. The zero-order chi connectivity index (χ0) is 18.6. The number of rotatable bonds is 7. The van der Waals surface area contributed by atoms with Crippen LogP contribution in [-0.2, 0) is 14.3 Å². The molecular formula is C17H19ClN2O5. The standard InChI is InChI=1S/C17H19ClN2O5/c1-17(2)15(23)20(16(24)19-17)9-3-4-14(22)25-10-13(21)11-5-7-12(18)8-6-11/h5-8H,3-4,9-10H2,1-2H3,(H,19,24). The molecule has 0 aromatic heterocycles. The number of halogens is 1. The lowest BCUT2D eigenvalue weighted by Crippen LogP contribution is -2.40. The Morgan fingerprint density at radius 1 is 1.20 bits per heavy atom. The molecule has 3 amide bonds. The van der Waals surface area contributed by atoms with Crippen LogP contribution in [0.15, 0.2) is 24.3 Å². The number of hydrogen-bond donors (Lipinski definition) is 1. The minimum atomic E-state index is -0.928. The molecule has 1 aromatic rings. The largest absolute Gasteiger partial charge is 0.457 e. The molecule has 0 radical (unpaired) electrons. The van der Waals surface area contributed by atoms with Gasteiger partial charge in [-0.2, -0.15) is 0 Å². The smallest absolute Gasteiger partial charge is 0.325 e. The van der Waals surface area contributed by atoms with E-state index in [0.717, 1.165) is 4.90 Å². The van der Waals surface area contributed by atoms with Crippen molar-refractivity contribution in [3.05, 3.63) is 34.9 Å². The molecule has 0 aliphatic carbocycles. The average molecular weight is 367 g/mol. The van der Waals surface area contributed by atoms with Crippen molar-refractivity contribution in [1.29, 1.82) is 0 Å². The normalized spacial score (nSPS) is 15.9. The van der Waals surface area contributed by atoms with Gasteiger partial charge in [0.1, 0.15) is 5.54 Å². The third-order valence-corrected chi connectivity index (χ3v) is 3.99. The first-order chi connectivity index (χ1) is 11.7. The van der Waals surface area contributed by atoms with Crippen molar-refractivity contribution in [3.63, 3.8) is 0 Å². The molecule has 1 heterocycles. The van der Waals surface area contributed by atoms with Crippen LogP contribution in [0.25, 0.3) is 0 Å². The fourth-order valence-electron chi connectivity index (χ4n) is 2.34. The Balaban J connectivity index is 1.72. The van der Waals surface area contributed by atoms with E-state index in [1.807, 2.05) is 0 Å². The van der Waals surface area contributed by atoms with E-state index in [1.54, 1.807) is 38.1 Å². The molecule has 1 N–H and O–H groups in total. The maximum Gasteiger partial charge on any atom is 0.325 e. The van der Waals surface area contributed by atoms with Crippen LogP contribution in [0.5, 0.6) is 0 Å². The summed E-state index contributed by atoms with van der Waals surface area (Å²) < 4.78 is 4.92.